The maximum atomic E-state index is 10.0. The molecule has 2 nitrogen and oxygen atoms in total. The smallest absolute Gasteiger partial charge is 0.124 e. The van der Waals surface area contributed by atoms with Gasteiger partial charge in [0.15, 0.2) is 0 Å². The summed E-state index contributed by atoms with van der Waals surface area (Å²) in [6.07, 6.45) is 0.165. The Balaban J connectivity index is 3.37. The first-order valence-corrected chi connectivity index (χ1v) is 5.51. The van der Waals surface area contributed by atoms with Gasteiger partial charge in [-0.05, 0) is 30.4 Å². The maximum absolute atomic E-state index is 10.0. The molecule has 0 aromatic heterocycles. The van der Waals surface area contributed by atoms with E-state index in [4.69, 9.17) is 0 Å². The molecular formula is C13H20O2. The topological polar surface area (TPSA) is 40.5 Å². The standard InChI is InChI=1S/C13H20O2/c1-5-10-6-7-11(8(2)3)12(9(4)14)13(10)15/h6-9,14-15H,5H2,1-4H3. The van der Waals surface area contributed by atoms with Crippen molar-refractivity contribution in [1.82, 2.24) is 0 Å². The van der Waals surface area contributed by atoms with Gasteiger partial charge in [0.05, 0.1) is 6.10 Å². The molecule has 1 unspecified atom stereocenters. The second-order valence-electron chi connectivity index (χ2n) is 4.26. The van der Waals surface area contributed by atoms with Crippen LogP contribution < -0.4 is 0 Å². The van der Waals surface area contributed by atoms with Gasteiger partial charge in [-0.2, -0.15) is 0 Å². The minimum Gasteiger partial charge on any atom is -0.507 e. The predicted molar refractivity (Wildman–Crippen MR) is 62.2 cm³/mol. The van der Waals surface area contributed by atoms with Gasteiger partial charge in [-0.3, -0.25) is 0 Å². The van der Waals surface area contributed by atoms with Gasteiger partial charge in [0.2, 0.25) is 0 Å². The summed E-state index contributed by atoms with van der Waals surface area (Å²) >= 11 is 0. The zero-order chi connectivity index (χ0) is 11.6. The Morgan fingerprint density at radius 3 is 2.20 bits per heavy atom. The van der Waals surface area contributed by atoms with Gasteiger partial charge in [0.25, 0.3) is 0 Å². The SMILES string of the molecule is CCc1ccc(C(C)C)c(C(C)O)c1O. The molecule has 0 heterocycles. The van der Waals surface area contributed by atoms with Crippen LogP contribution in [-0.4, -0.2) is 10.2 Å². The Morgan fingerprint density at radius 1 is 1.20 bits per heavy atom. The highest BCUT2D eigenvalue weighted by Gasteiger charge is 2.17. The quantitative estimate of drug-likeness (QED) is 0.801. The van der Waals surface area contributed by atoms with E-state index in [0.717, 1.165) is 17.5 Å². The van der Waals surface area contributed by atoms with E-state index >= 15 is 0 Å². The zero-order valence-electron chi connectivity index (χ0n) is 9.91. The fraction of sp³-hybridized carbons (Fsp3) is 0.538. The summed E-state index contributed by atoms with van der Waals surface area (Å²) in [5.41, 5.74) is 2.61. The summed E-state index contributed by atoms with van der Waals surface area (Å²) in [5.74, 6) is 0.574. The lowest BCUT2D eigenvalue weighted by atomic mass is 9.91. The Labute approximate surface area is 91.6 Å². The number of phenolic OH excluding ortho intramolecular Hbond substituents is 1. The van der Waals surface area contributed by atoms with Crippen LogP contribution in [-0.2, 0) is 6.42 Å². The van der Waals surface area contributed by atoms with E-state index in [9.17, 15) is 10.2 Å². The number of hydrogen-bond acceptors (Lipinski definition) is 2. The zero-order valence-corrected chi connectivity index (χ0v) is 9.91. The molecule has 1 aromatic carbocycles. The summed E-state index contributed by atoms with van der Waals surface area (Å²) in [6.45, 7) is 7.81. The van der Waals surface area contributed by atoms with E-state index in [-0.39, 0.29) is 5.75 Å². The second-order valence-corrected chi connectivity index (χ2v) is 4.26. The van der Waals surface area contributed by atoms with Crippen molar-refractivity contribution in [1.29, 1.82) is 0 Å². The third-order valence-corrected chi connectivity index (χ3v) is 2.76. The molecule has 1 aromatic rings. The molecule has 1 atom stereocenters. The number of rotatable bonds is 3. The van der Waals surface area contributed by atoms with E-state index in [1.54, 1.807) is 6.92 Å². The van der Waals surface area contributed by atoms with Crippen molar-refractivity contribution in [3.8, 4) is 5.75 Å². The summed E-state index contributed by atoms with van der Waals surface area (Å²) < 4.78 is 0. The molecule has 0 aliphatic rings. The Morgan fingerprint density at radius 2 is 1.80 bits per heavy atom. The Kier molecular flexibility index (Phi) is 3.75. The highest BCUT2D eigenvalue weighted by Crippen LogP contribution is 2.35. The molecule has 84 valence electrons. The van der Waals surface area contributed by atoms with Crippen molar-refractivity contribution in [3.05, 3.63) is 28.8 Å². The lowest BCUT2D eigenvalue weighted by molar-refractivity contribution is 0.193. The average Bonchev–Trinajstić information content (AvgIpc) is 2.16. The molecule has 0 aliphatic carbocycles. The normalized spacial score (nSPS) is 13.2. The van der Waals surface area contributed by atoms with Crippen LogP contribution in [0.15, 0.2) is 12.1 Å². The van der Waals surface area contributed by atoms with E-state index in [0.29, 0.717) is 11.5 Å². The first-order valence-electron chi connectivity index (χ1n) is 5.51. The summed E-state index contributed by atoms with van der Waals surface area (Å²) in [6, 6.07) is 3.95. The van der Waals surface area contributed by atoms with Crippen LogP contribution in [0, 0.1) is 0 Å². The third-order valence-electron chi connectivity index (χ3n) is 2.76. The van der Waals surface area contributed by atoms with E-state index in [1.807, 2.05) is 19.1 Å². The fourth-order valence-corrected chi connectivity index (χ4v) is 1.90. The molecule has 0 saturated carbocycles. The molecular weight excluding hydrogens is 188 g/mol. The van der Waals surface area contributed by atoms with E-state index < -0.39 is 6.10 Å². The van der Waals surface area contributed by atoms with Crippen molar-refractivity contribution in [2.75, 3.05) is 0 Å². The first kappa shape index (κ1) is 12.1. The minimum absolute atomic E-state index is 0.263. The molecule has 0 spiro atoms. The number of aliphatic hydroxyl groups is 1. The minimum atomic E-state index is -0.617. The maximum Gasteiger partial charge on any atom is 0.124 e. The van der Waals surface area contributed by atoms with Crippen molar-refractivity contribution in [2.24, 2.45) is 0 Å². The van der Waals surface area contributed by atoms with Gasteiger partial charge in [-0.1, -0.05) is 32.9 Å². The van der Waals surface area contributed by atoms with E-state index in [2.05, 4.69) is 13.8 Å². The van der Waals surface area contributed by atoms with Crippen LogP contribution in [0.4, 0.5) is 0 Å². The van der Waals surface area contributed by atoms with Crippen molar-refractivity contribution >= 4 is 0 Å². The number of aromatic hydroxyl groups is 1. The summed E-state index contributed by atoms with van der Waals surface area (Å²) in [4.78, 5) is 0. The number of benzene rings is 1. The molecule has 0 amide bonds. The van der Waals surface area contributed by atoms with Crippen LogP contribution in [0.5, 0.6) is 5.75 Å². The highest BCUT2D eigenvalue weighted by molar-refractivity contribution is 5.47. The van der Waals surface area contributed by atoms with Crippen molar-refractivity contribution in [2.45, 2.75) is 46.1 Å². The monoisotopic (exact) mass is 208 g/mol. The molecule has 0 bridgehead atoms. The number of hydrogen-bond donors (Lipinski definition) is 2. The lowest BCUT2D eigenvalue weighted by Crippen LogP contribution is -2.02. The second kappa shape index (κ2) is 4.67. The fourth-order valence-electron chi connectivity index (χ4n) is 1.90. The van der Waals surface area contributed by atoms with Gasteiger partial charge in [0.1, 0.15) is 5.75 Å². The molecule has 2 heteroatoms. The van der Waals surface area contributed by atoms with E-state index in [1.165, 1.54) is 0 Å². The van der Waals surface area contributed by atoms with Gasteiger partial charge < -0.3 is 10.2 Å². The van der Waals surface area contributed by atoms with Gasteiger partial charge >= 0.3 is 0 Å². The molecule has 0 radical (unpaired) electrons. The predicted octanol–water partition coefficient (Wildman–Crippen LogP) is 3.13. The Hall–Kier alpha value is -1.02. The highest BCUT2D eigenvalue weighted by atomic mass is 16.3. The molecule has 0 aliphatic heterocycles. The van der Waals surface area contributed by atoms with Crippen LogP contribution in [0.3, 0.4) is 0 Å². The van der Waals surface area contributed by atoms with Gasteiger partial charge in [0, 0.05) is 5.56 Å². The first-order chi connectivity index (χ1) is 6.99. The van der Waals surface area contributed by atoms with Gasteiger partial charge in [-0.15, -0.1) is 0 Å². The molecule has 2 N–H and O–H groups in total. The molecule has 1 rings (SSSR count). The lowest BCUT2D eigenvalue weighted by Gasteiger charge is -2.18. The van der Waals surface area contributed by atoms with Crippen LogP contribution in [0.2, 0.25) is 0 Å². The molecule has 0 saturated heterocycles. The Bertz CT molecular complexity index is 341. The average molecular weight is 208 g/mol. The molecule has 0 fully saturated rings. The van der Waals surface area contributed by atoms with Crippen molar-refractivity contribution in [3.63, 3.8) is 0 Å². The largest absolute Gasteiger partial charge is 0.507 e. The molecule has 15 heavy (non-hydrogen) atoms. The third kappa shape index (κ3) is 2.32. The van der Waals surface area contributed by atoms with Gasteiger partial charge in [-0.25, -0.2) is 0 Å². The summed E-state index contributed by atoms with van der Waals surface area (Å²) in [5, 5.41) is 19.7. The van der Waals surface area contributed by atoms with Crippen molar-refractivity contribution < 1.29 is 10.2 Å². The number of phenols is 1. The van der Waals surface area contributed by atoms with Crippen LogP contribution >= 0.6 is 0 Å². The van der Waals surface area contributed by atoms with Crippen LogP contribution in [0.1, 0.15) is 56.4 Å². The van der Waals surface area contributed by atoms with Crippen LogP contribution in [0.25, 0.3) is 0 Å². The number of aliphatic hydroxyl groups excluding tert-OH is 1. The summed E-state index contributed by atoms with van der Waals surface area (Å²) in [7, 11) is 0. The number of aryl methyl sites for hydroxylation is 1.